The van der Waals surface area contributed by atoms with Crippen LogP contribution < -0.4 is 9.47 Å². The van der Waals surface area contributed by atoms with Gasteiger partial charge in [0, 0.05) is 16.5 Å². The van der Waals surface area contributed by atoms with Crippen LogP contribution in [0, 0.1) is 0 Å². The maximum atomic E-state index is 12.7. The van der Waals surface area contributed by atoms with Crippen molar-refractivity contribution in [3.8, 4) is 11.5 Å². The molecular formula is C18H15BrO3. The number of ketones is 1. The van der Waals surface area contributed by atoms with Crippen molar-refractivity contribution in [2.45, 2.75) is 6.42 Å². The Morgan fingerprint density at radius 2 is 1.95 bits per heavy atom. The first-order chi connectivity index (χ1) is 10.7. The van der Waals surface area contributed by atoms with Gasteiger partial charge in [0.25, 0.3) is 0 Å². The molecule has 0 unspecified atom stereocenters. The lowest BCUT2D eigenvalue weighted by molar-refractivity contribution is 0.103. The summed E-state index contributed by atoms with van der Waals surface area (Å²) in [5.41, 5.74) is 2.34. The highest BCUT2D eigenvalue weighted by molar-refractivity contribution is 9.10. The summed E-state index contributed by atoms with van der Waals surface area (Å²) in [6.07, 6.45) is 2.51. The van der Waals surface area contributed by atoms with Crippen LogP contribution in [0.1, 0.15) is 22.3 Å². The van der Waals surface area contributed by atoms with Crippen LogP contribution in [0.2, 0.25) is 0 Å². The number of hydrogen-bond acceptors (Lipinski definition) is 3. The van der Waals surface area contributed by atoms with Crippen LogP contribution in [0.3, 0.4) is 0 Å². The van der Waals surface area contributed by atoms with Crippen LogP contribution >= 0.6 is 15.9 Å². The number of carbonyl (C=O) groups excluding carboxylic acids is 1. The summed E-state index contributed by atoms with van der Waals surface area (Å²) in [5.74, 6) is 1.46. The maximum Gasteiger partial charge on any atom is 0.192 e. The van der Waals surface area contributed by atoms with Gasteiger partial charge in [0.05, 0.1) is 19.3 Å². The fourth-order valence-corrected chi connectivity index (χ4v) is 2.74. The molecule has 0 spiro atoms. The molecule has 3 rings (SSSR count). The summed E-state index contributed by atoms with van der Waals surface area (Å²) in [4.78, 5) is 12.7. The number of rotatable bonds is 2. The second-order valence-electron chi connectivity index (χ2n) is 5.01. The van der Waals surface area contributed by atoms with Crippen molar-refractivity contribution >= 4 is 27.8 Å². The Morgan fingerprint density at radius 3 is 2.68 bits per heavy atom. The Hall–Kier alpha value is -2.07. The molecule has 0 aromatic heterocycles. The van der Waals surface area contributed by atoms with Gasteiger partial charge in [0.2, 0.25) is 0 Å². The molecule has 1 aliphatic heterocycles. The van der Waals surface area contributed by atoms with E-state index < -0.39 is 0 Å². The van der Waals surface area contributed by atoms with E-state index in [1.165, 1.54) is 0 Å². The zero-order valence-corrected chi connectivity index (χ0v) is 13.7. The predicted molar refractivity (Wildman–Crippen MR) is 89.6 cm³/mol. The minimum Gasteiger partial charge on any atom is -0.497 e. The van der Waals surface area contributed by atoms with Gasteiger partial charge >= 0.3 is 0 Å². The molecule has 4 heteroatoms. The lowest BCUT2D eigenvalue weighted by Crippen LogP contribution is -2.02. The molecule has 0 fully saturated rings. The lowest BCUT2D eigenvalue weighted by atomic mass is 9.99. The minimum absolute atomic E-state index is 0.0239. The average Bonchev–Trinajstić information content (AvgIpc) is 2.68. The van der Waals surface area contributed by atoms with Gasteiger partial charge in [-0.1, -0.05) is 28.1 Å². The SMILES string of the molecule is COc1ccc(/C=C2/CCOc3cc(Br)ccc3C2=O)cc1. The second-order valence-corrected chi connectivity index (χ2v) is 5.93. The van der Waals surface area contributed by atoms with Crippen molar-refractivity contribution < 1.29 is 14.3 Å². The molecule has 0 N–H and O–H groups in total. The molecule has 2 aromatic carbocycles. The molecule has 0 atom stereocenters. The minimum atomic E-state index is 0.0239. The first kappa shape index (κ1) is 14.9. The van der Waals surface area contributed by atoms with Crippen molar-refractivity contribution in [3.05, 3.63) is 63.6 Å². The standard InChI is InChI=1S/C18H15BrO3/c1-21-15-5-2-12(3-6-15)10-13-8-9-22-17-11-14(19)4-7-16(17)18(13)20/h2-7,10-11H,8-9H2,1H3/b13-10-. The van der Waals surface area contributed by atoms with Gasteiger partial charge in [-0.25, -0.2) is 0 Å². The fraction of sp³-hybridized carbons (Fsp3) is 0.167. The third-order valence-electron chi connectivity index (χ3n) is 3.57. The van der Waals surface area contributed by atoms with E-state index in [0.717, 1.165) is 21.4 Å². The normalized spacial score (nSPS) is 15.9. The summed E-state index contributed by atoms with van der Waals surface area (Å²) >= 11 is 3.40. The highest BCUT2D eigenvalue weighted by Crippen LogP contribution is 2.30. The third kappa shape index (κ3) is 3.07. The smallest absolute Gasteiger partial charge is 0.192 e. The van der Waals surface area contributed by atoms with Gasteiger partial charge in [-0.05, 0) is 42.0 Å². The summed E-state index contributed by atoms with van der Waals surface area (Å²) in [6.45, 7) is 0.497. The lowest BCUT2D eigenvalue weighted by Gasteiger charge is -2.05. The number of halogens is 1. The van der Waals surface area contributed by atoms with Crippen LogP contribution in [0.25, 0.3) is 6.08 Å². The molecular weight excluding hydrogens is 344 g/mol. The van der Waals surface area contributed by atoms with E-state index >= 15 is 0 Å². The van der Waals surface area contributed by atoms with Crippen LogP contribution in [-0.4, -0.2) is 19.5 Å². The van der Waals surface area contributed by atoms with Crippen LogP contribution in [-0.2, 0) is 0 Å². The molecule has 3 nitrogen and oxygen atoms in total. The average molecular weight is 359 g/mol. The molecule has 1 heterocycles. The van der Waals surface area contributed by atoms with E-state index in [4.69, 9.17) is 9.47 Å². The quantitative estimate of drug-likeness (QED) is 0.741. The molecule has 0 bridgehead atoms. The van der Waals surface area contributed by atoms with E-state index in [9.17, 15) is 4.79 Å². The van der Waals surface area contributed by atoms with E-state index in [-0.39, 0.29) is 5.78 Å². The Morgan fingerprint density at radius 1 is 1.18 bits per heavy atom. The highest BCUT2D eigenvalue weighted by Gasteiger charge is 2.21. The van der Waals surface area contributed by atoms with Gasteiger partial charge < -0.3 is 9.47 Å². The Bertz CT molecular complexity index is 732. The van der Waals surface area contributed by atoms with Crippen molar-refractivity contribution in [1.82, 2.24) is 0 Å². The number of hydrogen-bond donors (Lipinski definition) is 0. The zero-order chi connectivity index (χ0) is 15.5. The molecule has 112 valence electrons. The van der Waals surface area contributed by atoms with Crippen molar-refractivity contribution in [1.29, 1.82) is 0 Å². The number of ether oxygens (including phenoxy) is 2. The summed E-state index contributed by atoms with van der Waals surface area (Å²) in [6, 6.07) is 13.1. The van der Waals surface area contributed by atoms with Gasteiger partial charge in [-0.2, -0.15) is 0 Å². The zero-order valence-electron chi connectivity index (χ0n) is 12.1. The molecule has 0 radical (unpaired) electrons. The van der Waals surface area contributed by atoms with E-state index in [0.29, 0.717) is 24.3 Å². The molecule has 2 aromatic rings. The third-order valence-corrected chi connectivity index (χ3v) is 4.06. The molecule has 22 heavy (non-hydrogen) atoms. The Labute approximate surface area is 137 Å². The first-order valence-electron chi connectivity index (χ1n) is 6.99. The van der Waals surface area contributed by atoms with Gasteiger partial charge in [0.15, 0.2) is 5.78 Å². The molecule has 0 saturated heterocycles. The number of Topliss-reactive ketones (excluding diaryl/α,β-unsaturated/α-hetero) is 1. The highest BCUT2D eigenvalue weighted by atomic mass is 79.9. The van der Waals surface area contributed by atoms with Crippen molar-refractivity contribution in [2.75, 3.05) is 13.7 Å². The van der Waals surface area contributed by atoms with Crippen molar-refractivity contribution in [3.63, 3.8) is 0 Å². The summed E-state index contributed by atoms with van der Waals surface area (Å²) < 4.78 is 11.7. The summed E-state index contributed by atoms with van der Waals surface area (Å²) in [5, 5.41) is 0. The first-order valence-corrected chi connectivity index (χ1v) is 7.78. The van der Waals surface area contributed by atoms with Crippen LogP contribution in [0.5, 0.6) is 11.5 Å². The van der Waals surface area contributed by atoms with Gasteiger partial charge in [-0.3, -0.25) is 4.79 Å². The predicted octanol–water partition coefficient (Wildman–Crippen LogP) is 4.51. The number of carbonyl (C=O) groups is 1. The topological polar surface area (TPSA) is 35.5 Å². The van der Waals surface area contributed by atoms with E-state index in [2.05, 4.69) is 15.9 Å². The van der Waals surface area contributed by atoms with Crippen molar-refractivity contribution in [2.24, 2.45) is 0 Å². The number of fused-ring (bicyclic) bond motifs is 1. The van der Waals surface area contributed by atoms with Gasteiger partial charge in [0.1, 0.15) is 11.5 Å². The molecule has 0 saturated carbocycles. The van der Waals surface area contributed by atoms with E-state index in [1.807, 2.05) is 42.5 Å². The molecule has 0 amide bonds. The van der Waals surface area contributed by atoms with Gasteiger partial charge in [-0.15, -0.1) is 0 Å². The Kier molecular flexibility index (Phi) is 4.29. The molecule has 0 aliphatic carbocycles. The maximum absolute atomic E-state index is 12.7. The largest absolute Gasteiger partial charge is 0.497 e. The van der Waals surface area contributed by atoms with E-state index in [1.54, 1.807) is 13.2 Å². The number of methoxy groups -OCH3 is 1. The Balaban J connectivity index is 1.95. The second kappa shape index (κ2) is 6.36. The number of benzene rings is 2. The van der Waals surface area contributed by atoms with Crippen LogP contribution in [0.4, 0.5) is 0 Å². The fourth-order valence-electron chi connectivity index (χ4n) is 2.40. The van der Waals surface area contributed by atoms with Crippen LogP contribution in [0.15, 0.2) is 52.5 Å². The monoisotopic (exact) mass is 358 g/mol. The summed E-state index contributed by atoms with van der Waals surface area (Å²) in [7, 11) is 1.63. The molecule has 1 aliphatic rings.